The summed E-state index contributed by atoms with van der Waals surface area (Å²) in [5, 5.41) is 7.78. The normalized spacial score (nSPS) is 20.5. The molecular formula is C24H17N3O5. The number of anilines is 1. The number of ether oxygens (including phenoxy) is 3. The van der Waals surface area contributed by atoms with Crippen LogP contribution in [0.25, 0.3) is 11.0 Å². The first-order valence-corrected chi connectivity index (χ1v) is 10.4. The van der Waals surface area contributed by atoms with Crippen molar-refractivity contribution < 1.29 is 23.6 Å². The zero-order chi connectivity index (χ0) is 21.3. The molecule has 1 atom stereocenters. The summed E-state index contributed by atoms with van der Waals surface area (Å²) >= 11 is 0. The number of para-hydroxylation sites is 1. The summed E-state index contributed by atoms with van der Waals surface area (Å²) < 4.78 is 22.4. The Kier molecular flexibility index (Phi) is 3.42. The fourth-order valence-corrected chi connectivity index (χ4v) is 4.98. The highest BCUT2D eigenvalue weighted by Crippen LogP contribution is 2.55. The molecular weight excluding hydrogens is 410 g/mol. The molecule has 0 N–H and O–H groups in total. The number of amides is 1. The monoisotopic (exact) mass is 427 g/mol. The van der Waals surface area contributed by atoms with E-state index in [1.807, 2.05) is 59.5 Å². The van der Waals surface area contributed by atoms with Gasteiger partial charge in [0, 0.05) is 17.3 Å². The lowest BCUT2D eigenvalue weighted by Crippen LogP contribution is -2.42. The lowest BCUT2D eigenvalue weighted by Gasteiger charge is -2.24. The molecule has 3 aliphatic rings. The molecule has 1 unspecified atom stereocenters. The van der Waals surface area contributed by atoms with E-state index in [1.165, 1.54) is 0 Å². The van der Waals surface area contributed by atoms with Crippen molar-refractivity contribution in [3.05, 3.63) is 71.3 Å². The zero-order valence-corrected chi connectivity index (χ0v) is 16.9. The third-order valence-corrected chi connectivity index (χ3v) is 6.47. The van der Waals surface area contributed by atoms with Gasteiger partial charge in [0.15, 0.2) is 11.5 Å². The molecule has 8 nitrogen and oxygen atoms in total. The number of carbonyl (C=O) groups excluding carboxylic acids is 1. The SMILES string of the molecule is O=C1N(Cc2ccc3nonc3c2)c2ccccc2C12COc1cc3c(cc12)OCCO3. The molecule has 0 aliphatic carbocycles. The van der Waals surface area contributed by atoms with Gasteiger partial charge in [-0.1, -0.05) is 24.3 Å². The molecule has 32 heavy (non-hydrogen) atoms. The predicted molar refractivity (Wildman–Crippen MR) is 113 cm³/mol. The largest absolute Gasteiger partial charge is 0.491 e. The van der Waals surface area contributed by atoms with E-state index in [1.54, 1.807) is 0 Å². The molecule has 158 valence electrons. The van der Waals surface area contributed by atoms with E-state index in [9.17, 15) is 4.79 Å². The van der Waals surface area contributed by atoms with Crippen LogP contribution in [0.2, 0.25) is 0 Å². The minimum atomic E-state index is -0.915. The van der Waals surface area contributed by atoms with E-state index in [2.05, 4.69) is 10.3 Å². The molecule has 4 aromatic rings. The standard InChI is InChI=1S/C24H17N3O5/c28-23-24(13-31-20-11-22-21(10-16(20)24)29-7-8-30-22)15-3-1-2-4-19(15)27(23)12-14-5-6-17-18(9-14)26-32-25-17/h1-6,9-11H,7-8,12-13H2. The second-order valence-electron chi connectivity index (χ2n) is 8.18. The number of hydrogen-bond donors (Lipinski definition) is 0. The van der Waals surface area contributed by atoms with Gasteiger partial charge in [0.2, 0.25) is 5.91 Å². The maximum atomic E-state index is 14.1. The predicted octanol–water partition coefficient (Wildman–Crippen LogP) is 3.22. The topological polar surface area (TPSA) is 86.9 Å². The number of fused-ring (bicyclic) bond motifs is 6. The highest BCUT2D eigenvalue weighted by Gasteiger charge is 2.57. The average Bonchev–Trinajstić information content (AvgIpc) is 3.50. The molecule has 0 bridgehead atoms. The van der Waals surface area contributed by atoms with E-state index >= 15 is 0 Å². The second kappa shape index (κ2) is 6.23. The first-order chi connectivity index (χ1) is 15.7. The molecule has 3 aromatic carbocycles. The Bertz CT molecular complexity index is 1410. The third kappa shape index (κ3) is 2.23. The molecule has 0 saturated carbocycles. The van der Waals surface area contributed by atoms with E-state index < -0.39 is 5.41 Å². The van der Waals surface area contributed by atoms with Crippen molar-refractivity contribution in [1.82, 2.24) is 10.3 Å². The Morgan fingerprint density at radius 1 is 0.844 bits per heavy atom. The van der Waals surface area contributed by atoms with Crippen LogP contribution in [0, 0.1) is 0 Å². The molecule has 1 amide bonds. The van der Waals surface area contributed by atoms with E-state index in [0.29, 0.717) is 48.0 Å². The fourth-order valence-electron chi connectivity index (χ4n) is 4.98. The van der Waals surface area contributed by atoms with Crippen molar-refractivity contribution in [2.75, 3.05) is 24.7 Å². The van der Waals surface area contributed by atoms with Crippen LogP contribution in [0.15, 0.2) is 59.2 Å². The number of nitrogens with zero attached hydrogens (tertiary/aromatic N) is 3. The summed E-state index contributed by atoms with van der Waals surface area (Å²) in [5.41, 5.74) is 4.00. The molecule has 0 fully saturated rings. The van der Waals surface area contributed by atoms with Gasteiger partial charge in [0.25, 0.3) is 0 Å². The minimum Gasteiger partial charge on any atom is -0.491 e. The first kappa shape index (κ1) is 17.6. The molecule has 1 aromatic heterocycles. The summed E-state index contributed by atoms with van der Waals surface area (Å²) in [7, 11) is 0. The number of aromatic nitrogens is 2. The van der Waals surface area contributed by atoms with Crippen molar-refractivity contribution in [3.8, 4) is 17.2 Å². The van der Waals surface area contributed by atoms with Crippen LogP contribution in [0.5, 0.6) is 17.2 Å². The molecule has 7 rings (SSSR count). The molecule has 1 spiro atoms. The van der Waals surface area contributed by atoms with E-state index in [4.69, 9.17) is 18.8 Å². The zero-order valence-electron chi connectivity index (χ0n) is 16.9. The molecule has 0 radical (unpaired) electrons. The van der Waals surface area contributed by atoms with E-state index in [0.717, 1.165) is 22.4 Å². The van der Waals surface area contributed by atoms with Gasteiger partial charge < -0.3 is 19.1 Å². The maximum absolute atomic E-state index is 14.1. The van der Waals surface area contributed by atoms with Gasteiger partial charge in [0.05, 0.1) is 6.54 Å². The Balaban J connectivity index is 1.35. The van der Waals surface area contributed by atoms with Gasteiger partial charge in [-0.05, 0) is 45.7 Å². The molecule has 8 heteroatoms. The quantitative estimate of drug-likeness (QED) is 0.485. The fraction of sp³-hybridized carbons (Fsp3) is 0.208. The summed E-state index contributed by atoms with van der Waals surface area (Å²) in [6.45, 7) is 1.62. The van der Waals surface area contributed by atoms with Gasteiger partial charge in [-0.2, -0.15) is 0 Å². The van der Waals surface area contributed by atoms with Crippen molar-refractivity contribution in [1.29, 1.82) is 0 Å². The van der Waals surface area contributed by atoms with E-state index in [-0.39, 0.29) is 12.5 Å². The van der Waals surface area contributed by atoms with Crippen LogP contribution in [-0.2, 0) is 16.8 Å². The lowest BCUT2D eigenvalue weighted by molar-refractivity contribution is -0.122. The Labute approximate surface area is 182 Å². The van der Waals surface area contributed by atoms with Crippen LogP contribution in [0.3, 0.4) is 0 Å². The second-order valence-corrected chi connectivity index (χ2v) is 8.18. The lowest BCUT2D eigenvalue weighted by atomic mass is 9.77. The first-order valence-electron chi connectivity index (χ1n) is 10.4. The minimum absolute atomic E-state index is 0.0208. The van der Waals surface area contributed by atoms with Gasteiger partial charge in [-0.15, -0.1) is 0 Å². The highest BCUT2D eigenvalue weighted by atomic mass is 16.6. The van der Waals surface area contributed by atoms with Crippen LogP contribution in [0.4, 0.5) is 5.69 Å². The number of rotatable bonds is 2. The number of hydrogen-bond acceptors (Lipinski definition) is 7. The van der Waals surface area contributed by atoms with Crippen molar-refractivity contribution in [2.24, 2.45) is 0 Å². The van der Waals surface area contributed by atoms with Crippen molar-refractivity contribution in [3.63, 3.8) is 0 Å². The van der Waals surface area contributed by atoms with Gasteiger partial charge in [-0.25, -0.2) is 4.63 Å². The molecule has 4 heterocycles. The smallest absolute Gasteiger partial charge is 0.246 e. The Hall–Kier alpha value is -4.07. The average molecular weight is 427 g/mol. The van der Waals surface area contributed by atoms with Crippen molar-refractivity contribution in [2.45, 2.75) is 12.0 Å². The van der Waals surface area contributed by atoms with Crippen LogP contribution < -0.4 is 19.1 Å². The maximum Gasteiger partial charge on any atom is 0.246 e. The number of carbonyl (C=O) groups is 1. The summed E-state index contributed by atoms with van der Waals surface area (Å²) in [6, 6.07) is 17.3. The van der Waals surface area contributed by atoms with Crippen LogP contribution >= 0.6 is 0 Å². The third-order valence-electron chi connectivity index (χ3n) is 6.47. The summed E-state index contributed by atoms with van der Waals surface area (Å²) in [6.07, 6.45) is 0. The van der Waals surface area contributed by atoms with Gasteiger partial charge in [0.1, 0.15) is 42.0 Å². The Morgan fingerprint density at radius 2 is 1.66 bits per heavy atom. The van der Waals surface area contributed by atoms with Gasteiger partial charge in [-0.3, -0.25) is 4.79 Å². The number of benzene rings is 3. The van der Waals surface area contributed by atoms with Crippen LogP contribution in [0.1, 0.15) is 16.7 Å². The highest BCUT2D eigenvalue weighted by molar-refractivity contribution is 6.11. The van der Waals surface area contributed by atoms with Crippen LogP contribution in [-0.4, -0.2) is 36.0 Å². The summed E-state index contributed by atoms with van der Waals surface area (Å²) in [5.74, 6) is 1.94. The summed E-state index contributed by atoms with van der Waals surface area (Å²) in [4.78, 5) is 15.9. The molecule has 0 saturated heterocycles. The van der Waals surface area contributed by atoms with Gasteiger partial charge >= 0.3 is 0 Å². The van der Waals surface area contributed by atoms with Crippen molar-refractivity contribution >= 4 is 22.6 Å². The molecule has 3 aliphatic heterocycles. The Morgan fingerprint density at radius 3 is 2.56 bits per heavy atom.